The molecule has 0 heterocycles. The molecule has 2 aliphatic carbocycles. The zero-order valence-electron chi connectivity index (χ0n) is 14.5. The molecule has 2 saturated carbocycles. The van der Waals surface area contributed by atoms with Crippen LogP contribution in [0.2, 0.25) is 0 Å². The van der Waals surface area contributed by atoms with Gasteiger partial charge in [0.15, 0.2) is 0 Å². The molecule has 2 aromatic carbocycles. The zero-order chi connectivity index (χ0) is 18.1. The molecule has 26 heavy (non-hydrogen) atoms. The van der Waals surface area contributed by atoms with Crippen LogP contribution in [0.25, 0.3) is 11.1 Å². The maximum atomic E-state index is 12.5. The Labute approximate surface area is 152 Å². The lowest BCUT2D eigenvalue weighted by molar-refractivity contribution is -0.118. The van der Waals surface area contributed by atoms with Crippen molar-refractivity contribution in [1.82, 2.24) is 0 Å². The summed E-state index contributed by atoms with van der Waals surface area (Å²) in [7, 11) is 0. The number of Topliss-reactive ketones (excluding diaryl/α,β-unsaturated/α-hetero) is 1. The van der Waals surface area contributed by atoms with Crippen LogP contribution in [0.15, 0.2) is 54.6 Å². The minimum absolute atomic E-state index is 0.0423. The molecule has 134 valence electrons. The van der Waals surface area contributed by atoms with E-state index in [4.69, 9.17) is 4.74 Å². The Bertz CT molecular complexity index is 797. The molecule has 4 heteroatoms. The molecule has 2 aromatic rings. The summed E-state index contributed by atoms with van der Waals surface area (Å²) in [4.78, 5) is 24.2. The van der Waals surface area contributed by atoms with Crippen molar-refractivity contribution >= 4 is 11.8 Å². The fraction of sp³-hybridized carbons (Fsp3) is 0.364. The third kappa shape index (κ3) is 3.17. The molecule has 1 N–H and O–H groups in total. The van der Waals surface area contributed by atoms with Crippen molar-refractivity contribution in [1.29, 1.82) is 0 Å². The first kappa shape index (κ1) is 17.0. The average Bonchev–Trinajstić information content (AvgIpc) is 3.17. The summed E-state index contributed by atoms with van der Waals surface area (Å²) < 4.78 is 5.71. The lowest BCUT2D eigenvalue weighted by Crippen LogP contribution is -2.28. The van der Waals surface area contributed by atoms with Gasteiger partial charge >= 0.3 is 5.97 Å². The van der Waals surface area contributed by atoms with Crippen molar-refractivity contribution in [3.63, 3.8) is 0 Å². The van der Waals surface area contributed by atoms with Crippen LogP contribution in [0.5, 0.6) is 0 Å². The Morgan fingerprint density at radius 2 is 1.69 bits per heavy atom. The lowest BCUT2D eigenvalue weighted by atomic mass is 9.92. The Balaban J connectivity index is 1.44. The van der Waals surface area contributed by atoms with E-state index in [2.05, 4.69) is 0 Å². The van der Waals surface area contributed by atoms with Crippen molar-refractivity contribution in [2.45, 2.75) is 25.4 Å². The van der Waals surface area contributed by atoms with Crippen molar-refractivity contribution < 1.29 is 19.4 Å². The second-order valence-electron chi connectivity index (χ2n) is 7.34. The normalized spacial score (nSPS) is 27.3. The van der Waals surface area contributed by atoms with Crippen molar-refractivity contribution in [2.75, 3.05) is 6.61 Å². The molecule has 0 unspecified atom stereocenters. The topological polar surface area (TPSA) is 63.6 Å². The highest BCUT2D eigenvalue weighted by molar-refractivity contribution is 5.90. The van der Waals surface area contributed by atoms with Crippen molar-refractivity contribution in [2.24, 2.45) is 17.8 Å². The molecule has 4 atom stereocenters. The first-order chi connectivity index (χ1) is 12.7. The van der Waals surface area contributed by atoms with Gasteiger partial charge in [0.2, 0.25) is 0 Å². The molecule has 0 aromatic heterocycles. The summed E-state index contributed by atoms with van der Waals surface area (Å²) in [5.74, 6) is 0.182. The minimum atomic E-state index is -0.362. The molecule has 0 spiro atoms. The molecule has 2 aliphatic rings. The molecule has 0 bridgehead atoms. The van der Waals surface area contributed by atoms with Gasteiger partial charge in [-0.05, 0) is 41.5 Å². The van der Waals surface area contributed by atoms with Gasteiger partial charge in [-0.2, -0.15) is 0 Å². The first-order valence-corrected chi connectivity index (χ1v) is 9.14. The smallest absolute Gasteiger partial charge is 0.338 e. The van der Waals surface area contributed by atoms with Gasteiger partial charge in [-0.15, -0.1) is 0 Å². The molecule has 0 radical (unpaired) electrons. The van der Waals surface area contributed by atoms with E-state index < -0.39 is 0 Å². The number of benzene rings is 2. The Hall–Kier alpha value is -2.46. The second kappa shape index (κ2) is 7.04. The highest BCUT2D eigenvalue weighted by Crippen LogP contribution is 2.47. The number of esters is 1. The van der Waals surface area contributed by atoms with Gasteiger partial charge in [0, 0.05) is 25.4 Å². The minimum Gasteiger partial charge on any atom is -0.458 e. The van der Waals surface area contributed by atoms with Gasteiger partial charge in [0.1, 0.15) is 11.9 Å². The quantitative estimate of drug-likeness (QED) is 0.858. The highest BCUT2D eigenvalue weighted by atomic mass is 16.5. The molecule has 0 saturated heterocycles. The third-order valence-electron chi connectivity index (χ3n) is 5.82. The Kier molecular flexibility index (Phi) is 4.60. The standard InChI is InChI=1S/C22H22O4/c23-13-20-19-12-18(24)10-17(19)11-21(20)26-22(25)16-8-6-15(7-9-16)14-4-2-1-3-5-14/h1-9,17,19-21,23H,10-13H2/t17-,19-,20+,21+/m0/s1. The summed E-state index contributed by atoms with van der Waals surface area (Å²) in [6.45, 7) is -0.0423. The van der Waals surface area contributed by atoms with Crippen LogP contribution in [-0.2, 0) is 9.53 Å². The van der Waals surface area contributed by atoms with Gasteiger partial charge in [-0.3, -0.25) is 4.79 Å². The van der Waals surface area contributed by atoms with Gasteiger partial charge < -0.3 is 9.84 Å². The van der Waals surface area contributed by atoms with Crippen molar-refractivity contribution in [3.05, 3.63) is 60.2 Å². The fourth-order valence-corrected chi connectivity index (χ4v) is 4.49. The van der Waals surface area contributed by atoms with Crippen molar-refractivity contribution in [3.8, 4) is 11.1 Å². The van der Waals surface area contributed by atoms with Gasteiger partial charge in [0.05, 0.1) is 5.56 Å². The fourth-order valence-electron chi connectivity index (χ4n) is 4.49. The number of ketones is 1. The number of aliphatic hydroxyl groups excluding tert-OH is 1. The molecule has 4 nitrogen and oxygen atoms in total. The van der Waals surface area contributed by atoms with E-state index in [1.165, 1.54) is 0 Å². The summed E-state index contributed by atoms with van der Waals surface area (Å²) in [5, 5.41) is 9.71. The van der Waals surface area contributed by atoms with Crippen LogP contribution < -0.4 is 0 Å². The van der Waals surface area contributed by atoms with E-state index in [0.717, 1.165) is 11.1 Å². The van der Waals surface area contributed by atoms with E-state index in [-0.39, 0.29) is 42.2 Å². The molecule has 4 rings (SSSR count). The number of hydrogen-bond donors (Lipinski definition) is 1. The first-order valence-electron chi connectivity index (χ1n) is 9.14. The lowest BCUT2D eigenvalue weighted by Gasteiger charge is -2.21. The second-order valence-corrected chi connectivity index (χ2v) is 7.34. The number of carbonyl (C=O) groups excluding carboxylic acids is 2. The van der Waals surface area contributed by atoms with E-state index in [0.29, 0.717) is 24.8 Å². The number of carbonyl (C=O) groups is 2. The van der Waals surface area contributed by atoms with E-state index >= 15 is 0 Å². The van der Waals surface area contributed by atoms with E-state index in [1.54, 1.807) is 12.1 Å². The SMILES string of the molecule is O=C1C[C@H]2C[C@@H](OC(=O)c3ccc(-c4ccccc4)cc3)[C@H](CO)[C@H]2C1. The molecule has 0 aliphatic heterocycles. The average molecular weight is 350 g/mol. The zero-order valence-corrected chi connectivity index (χ0v) is 14.5. The van der Waals surface area contributed by atoms with Gasteiger partial charge in [-0.1, -0.05) is 42.5 Å². The molecule has 0 amide bonds. The van der Waals surface area contributed by atoms with Gasteiger partial charge in [-0.25, -0.2) is 4.79 Å². The molecular formula is C22H22O4. The van der Waals surface area contributed by atoms with Crippen LogP contribution in [0.3, 0.4) is 0 Å². The predicted molar refractivity (Wildman–Crippen MR) is 97.5 cm³/mol. The largest absolute Gasteiger partial charge is 0.458 e. The van der Waals surface area contributed by atoms with Gasteiger partial charge in [0.25, 0.3) is 0 Å². The maximum Gasteiger partial charge on any atom is 0.338 e. The summed E-state index contributed by atoms with van der Waals surface area (Å²) in [6, 6.07) is 17.4. The van der Waals surface area contributed by atoms with Crippen LogP contribution in [0, 0.1) is 17.8 Å². The summed E-state index contributed by atoms with van der Waals surface area (Å²) in [5.41, 5.74) is 2.65. The highest BCUT2D eigenvalue weighted by Gasteiger charge is 2.49. The maximum absolute atomic E-state index is 12.5. The summed E-state index contributed by atoms with van der Waals surface area (Å²) >= 11 is 0. The van der Waals surface area contributed by atoms with E-state index in [1.807, 2.05) is 42.5 Å². The number of fused-ring (bicyclic) bond motifs is 1. The monoisotopic (exact) mass is 350 g/mol. The van der Waals surface area contributed by atoms with Crippen LogP contribution in [0.1, 0.15) is 29.6 Å². The van der Waals surface area contributed by atoms with Crippen LogP contribution >= 0.6 is 0 Å². The number of aliphatic hydroxyl groups is 1. The number of rotatable bonds is 4. The van der Waals surface area contributed by atoms with Crippen LogP contribution in [0.4, 0.5) is 0 Å². The number of hydrogen-bond acceptors (Lipinski definition) is 4. The molecular weight excluding hydrogens is 328 g/mol. The molecule has 2 fully saturated rings. The number of ether oxygens (including phenoxy) is 1. The summed E-state index contributed by atoms with van der Waals surface area (Å²) in [6.07, 6.45) is 1.44. The Morgan fingerprint density at radius 3 is 2.38 bits per heavy atom. The predicted octanol–water partition coefficient (Wildman–Crippen LogP) is 3.49. The Morgan fingerprint density at radius 1 is 1.00 bits per heavy atom. The van der Waals surface area contributed by atoms with Crippen LogP contribution in [-0.4, -0.2) is 29.6 Å². The van der Waals surface area contributed by atoms with E-state index in [9.17, 15) is 14.7 Å². The third-order valence-corrected chi connectivity index (χ3v) is 5.82.